The average Bonchev–Trinajstić information content (AvgIpc) is 2.72. The molecule has 0 saturated carbocycles. The second-order valence-corrected chi connectivity index (χ2v) is 4.03. The molecule has 0 unspecified atom stereocenters. The summed E-state index contributed by atoms with van der Waals surface area (Å²) in [4.78, 5) is 43.4. The molecule has 0 fully saturated rings. The van der Waals surface area contributed by atoms with Crippen molar-refractivity contribution in [2.45, 2.75) is 0 Å². The van der Waals surface area contributed by atoms with Crippen LogP contribution in [0.1, 0.15) is 31.3 Å². The van der Waals surface area contributed by atoms with Crippen molar-refractivity contribution >= 4 is 23.5 Å². The molecule has 0 N–H and O–H groups in total. The van der Waals surface area contributed by atoms with Crippen LogP contribution in [-0.4, -0.2) is 27.8 Å². The number of aromatic nitrogens is 2. The molecule has 1 aliphatic rings. The number of carbonyl (C=O) groups is 3. The summed E-state index contributed by atoms with van der Waals surface area (Å²) in [5.41, 5.74) is 0.189. The zero-order valence-electron chi connectivity index (χ0n) is 9.94. The minimum Gasteiger partial charge on any atom is -0.545 e. The van der Waals surface area contributed by atoms with Crippen molar-refractivity contribution in [2.75, 3.05) is 4.90 Å². The minimum absolute atomic E-state index is 0.0125. The molecule has 0 aliphatic carbocycles. The van der Waals surface area contributed by atoms with Gasteiger partial charge in [-0.1, -0.05) is 12.1 Å². The van der Waals surface area contributed by atoms with E-state index < -0.39 is 17.8 Å². The Hall–Kier alpha value is -3.09. The Bertz CT molecular complexity index is 705. The molecule has 98 valence electrons. The molecule has 2 amide bonds. The van der Waals surface area contributed by atoms with Gasteiger partial charge in [-0.3, -0.25) is 9.59 Å². The molecular formula is C13H6N3O4-. The van der Waals surface area contributed by atoms with Crippen LogP contribution in [0.25, 0.3) is 0 Å². The highest BCUT2D eigenvalue weighted by atomic mass is 16.4. The second kappa shape index (κ2) is 4.23. The molecule has 2 aromatic rings. The van der Waals surface area contributed by atoms with E-state index in [9.17, 15) is 19.5 Å². The van der Waals surface area contributed by atoms with Crippen LogP contribution in [0, 0.1) is 0 Å². The van der Waals surface area contributed by atoms with Gasteiger partial charge in [0.1, 0.15) is 0 Å². The van der Waals surface area contributed by atoms with E-state index in [1.165, 1.54) is 36.7 Å². The molecule has 7 nitrogen and oxygen atoms in total. The third-order valence-electron chi connectivity index (χ3n) is 2.87. The van der Waals surface area contributed by atoms with Gasteiger partial charge in [-0.15, -0.1) is 0 Å². The van der Waals surface area contributed by atoms with Gasteiger partial charge in [0.15, 0.2) is 11.4 Å². The van der Waals surface area contributed by atoms with Crippen molar-refractivity contribution in [3.05, 3.63) is 53.6 Å². The summed E-state index contributed by atoms with van der Waals surface area (Å²) in [6, 6.07) is 5.23. The molecule has 7 heteroatoms. The highest BCUT2D eigenvalue weighted by Gasteiger charge is 2.39. The smallest absolute Gasteiger partial charge is 0.286 e. The standard InChI is InChI=1S/C13H7N3O4/c17-11-9-10(15-6-5-14-9)12(18)16(11)8-3-1-7(2-4-8)13(19)20/h1-6H,(H,19,20)/p-1. The Balaban J connectivity index is 2.02. The van der Waals surface area contributed by atoms with Gasteiger partial charge in [0.25, 0.3) is 11.8 Å². The Morgan fingerprint density at radius 1 is 0.950 bits per heavy atom. The number of rotatable bonds is 2. The van der Waals surface area contributed by atoms with E-state index in [1.807, 2.05) is 0 Å². The maximum Gasteiger partial charge on any atom is 0.286 e. The maximum absolute atomic E-state index is 12.1. The number of carbonyl (C=O) groups excluding carboxylic acids is 3. The van der Waals surface area contributed by atoms with Gasteiger partial charge >= 0.3 is 0 Å². The number of hydrogen-bond donors (Lipinski definition) is 0. The van der Waals surface area contributed by atoms with E-state index in [1.54, 1.807) is 0 Å². The number of aromatic carboxylic acids is 1. The summed E-state index contributed by atoms with van der Waals surface area (Å²) in [5, 5.41) is 10.7. The number of benzene rings is 1. The quantitative estimate of drug-likeness (QED) is 0.689. The molecule has 1 aliphatic heterocycles. The molecular weight excluding hydrogens is 262 g/mol. The van der Waals surface area contributed by atoms with Crippen molar-refractivity contribution in [2.24, 2.45) is 0 Å². The lowest BCUT2D eigenvalue weighted by atomic mass is 10.2. The highest BCUT2D eigenvalue weighted by Crippen LogP contribution is 2.25. The maximum atomic E-state index is 12.1. The largest absolute Gasteiger partial charge is 0.545 e. The minimum atomic E-state index is -1.33. The molecule has 1 aromatic heterocycles. The lowest BCUT2D eigenvalue weighted by molar-refractivity contribution is -0.255. The number of hydrogen-bond acceptors (Lipinski definition) is 6. The fourth-order valence-electron chi connectivity index (χ4n) is 1.94. The van der Waals surface area contributed by atoms with Gasteiger partial charge in [-0.25, -0.2) is 14.9 Å². The number of nitrogens with zero attached hydrogens (tertiary/aromatic N) is 3. The number of anilines is 1. The number of amides is 2. The summed E-state index contributed by atoms with van der Waals surface area (Å²) in [6.07, 6.45) is 2.65. The van der Waals surface area contributed by atoms with Crippen LogP contribution < -0.4 is 10.0 Å². The van der Waals surface area contributed by atoms with Crippen molar-refractivity contribution in [3.8, 4) is 0 Å². The first-order valence-electron chi connectivity index (χ1n) is 5.61. The second-order valence-electron chi connectivity index (χ2n) is 4.03. The van der Waals surface area contributed by atoms with Crippen molar-refractivity contribution in [1.29, 1.82) is 0 Å². The van der Waals surface area contributed by atoms with Crippen molar-refractivity contribution < 1.29 is 19.5 Å². The third kappa shape index (κ3) is 1.64. The summed E-state index contributed by atoms with van der Waals surface area (Å²) < 4.78 is 0. The van der Waals surface area contributed by atoms with Gasteiger partial charge < -0.3 is 9.90 Å². The summed E-state index contributed by atoms with van der Waals surface area (Å²) in [5.74, 6) is -2.50. The zero-order valence-corrected chi connectivity index (χ0v) is 9.94. The topological polar surface area (TPSA) is 103 Å². The van der Waals surface area contributed by atoms with E-state index in [2.05, 4.69) is 9.97 Å². The van der Waals surface area contributed by atoms with E-state index in [0.717, 1.165) is 4.90 Å². The molecule has 1 aromatic carbocycles. The van der Waals surface area contributed by atoms with Crippen LogP contribution >= 0.6 is 0 Å². The Kier molecular flexibility index (Phi) is 2.53. The van der Waals surface area contributed by atoms with Crippen LogP contribution in [0.4, 0.5) is 5.69 Å². The first-order valence-corrected chi connectivity index (χ1v) is 5.61. The van der Waals surface area contributed by atoms with Gasteiger partial charge in [0.2, 0.25) is 0 Å². The normalized spacial score (nSPS) is 13.5. The van der Waals surface area contributed by atoms with Crippen LogP contribution in [-0.2, 0) is 0 Å². The number of imide groups is 1. The average molecular weight is 268 g/mol. The lowest BCUT2D eigenvalue weighted by Gasteiger charge is -2.13. The van der Waals surface area contributed by atoms with Gasteiger partial charge in [0.05, 0.1) is 11.7 Å². The van der Waals surface area contributed by atoms with Crippen molar-refractivity contribution in [3.63, 3.8) is 0 Å². The number of carboxylic acids is 1. The Labute approximate surface area is 112 Å². The van der Waals surface area contributed by atoms with E-state index in [0.29, 0.717) is 0 Å². The first kappa shape index (κ1) is 12.0. The molecule has 0 atom stereocenters. The molecule has 20 heavy (non-hydrogen) atoms. The number of fused-ring (bicyclic) bond motifs is 1. The molecule has 0 radical (unpaired) electrons. The molecule has 0 bridgehead atoms. The molecule has 0 spiro atoms. The van der Waals surface area contributed by atoms with E-state index >= 15 is 0 Å². The van der Waals surface area contributed by atoms with Gasteiger partial charge in [-0.05, 0) is 17.7 Å². The fraction of sp³-hybridized carbons (Fsp3) is 0. The van der Waals surface area contributed by atoms with Gasteiger partial charge in [-0.2, -0.15) is 0 Å². The predicted octanol–water partition coefficient (Wildman–Crippen LogP) is -0.359. The SMILES string of the molecule is O=C([O-])c1ccc(N2C(=O)c3nccnc3C2=O)cc1. The van der Waals surface area contributed by atoms with Crippen LogP contribution in [0.3, 0.4) is 0 Å². The van der Waals surface area contributed by atoms with Crippen LogP contribution in [0.2, 0.25) is 0 Å². The fourth-order valence-corrected chi connectivity index (χ4v) is 1.94. The highest BCUT2D eigenvalue weighted by molar-refractivity contribution is 6.33. The number of carboxylic acid groups (broad SMARTS) is 1. The third-order valence-corrected chi connectivity index (χ3v) is 2.87. The molecule has 0 saturated heterocycles. The van der Waals surface area contributed by atoms with E-state index in [-0.39, 0.29) is 22.6 Å². The molecule has 2 heterocycles. The van der Waals surface area contributed by atoms with Crippen LogP contribution in [0.15, 0.2) is 36.7 Å². The Morgan fingerprint density at radius 3 is 1.90 bits per heavy atom. The van der Waals surface area contributed by atoms with Crippen LogP contribution in [0.5, 0.6) is 0 Å². The monoisotopic (exact) mass is 268 g/mol. The predicted molar refractivity (Wildman–Crippen MR) is 63.9 cm³/mol. The summed E-state index contributed by atoms with van der Waals surface area (Å²) >= 11 is 0. The zero-order chi connectivity index (χ0) is 14.3. The summed E-state index contributed by atoms with van der Waals surface area (Å²) in [7, 11) is 0. The summed E-state index contributed by atoms with van der Waals surface area (Å²) in [6.45, 7) is 0. The first-order chi connectivity index (χ1) is 9.59. The Morgan fingerprint density at radius 2 is 1.45 bits per heavy atom. The van der Waals surface area contributed by atoms with Crippen molar-refractivity contribution in [1.82, 2.24) is 9.97 Å². The molecule has 3 rings (SSSR count). The van der Waals surface area contributed by atoms with E-state index in [4.69, 9.17) is 0 Å². The van der Waals surface area contributed by atoms with Gasteiger partial charge in [0, 0.05) is 12.4 Å². The lowest BCUT2D eigenvalue weighted by Crippen LogP contribution is -2.30.